The zero-order chi connectivity index (χ0) is 15.0. The highest BCUT2D eigenvalue weighted by atomic mass is 79.9. The molecular weight excluding hydrogens is 328 g/mol. The molecule has 2 N–H and O–H groups in total. The second-order valence-electron chi connectivity index (χ2n) is 5.05. The number of nitrogens with zero attached hydrogens (tertiary/aromatic N) is 1. The van der Waals surface area contributed by atoms with Crippen molar-refractivity contribution in [1.29, 1.82) is 0 Å². The van der Waals surface area contributed by atoms with Crippen LogP contribution in [-0.2, 0) is 0 Å². The van der Waals surface area contributed by atoms with Crippen LogP contribution in [0.2, 0.25) is 0 Å². The van der Waals surface area contributed by atoms with Crippen molar-refractivity contribution in [2.24, 2.45) is 0 Å². The molecule has 3 nitrogen and oxygen atoms in total. The minimum Gasteiger partial charge on any atom is -0.380 e. The van der Waals surface area contributed by atoms with Gasteiger partial charge < -0.3 is 10.3 Å². The second kappa shape index (κ2) is 5.37. The van der Waals surface area contributed by atoms with Crippen molar-refractivity contribution in [3.05, 3.63) is 58.1 Å². The van der Waals surface area contributed by atoms with E-state index < -0.39 is 0 Å². The van der Waals surface area contributed by atoms with Gasteiger partial charge in [0.25, 0.3) is 0 Å². The van der Waals surface area contributed by atoms with E-state index in [1.54, 1.807) is 0 Å². The summed E-state index contributed by atoms with van der Waals surface area (Å²) in [6.07, 6.45) is 0. The van der Waals surface area contributed by atoms with E-state index in [1.165, 1.54) is 0 Å². The smallest absolute Gasteiger partial charge is 0.177 e. The lowest BCUT2D eigenvalue weighted by molar-refractivity contribution is 0.436. The Balaban J connectivity index is 2.25. The van der Waals surface area contributed by atoms with Gasteiger partial charge in [-0.05, 0) is 48.7 Å². The van der Waals surface area contributed by atoms with Gasteiger partial charge in [-0.3, -0.25) is 0 Å². The van der Waals surface area contributed by atoms with Gasteiger partial charge in [-0.2, -0.15) is 0 Å². The summed E-state index contributed by atoms with van der Waals surface area (Å²) in [7, 11) is 0. The molecule has 0 saturated heterocycles. The third-order valence-electron chi connectivity index (χ3n) is 3.57. The van der Waals surface area contributed by atoms with Gasteiger partial charge in [-0.15, -0.1) is 0 Å². The maximum absolute atomic E-state index is 6.05. The Morgan fingerprint density at radius 1 is 1.00 bits per heavy atom. The fourth-order valence-corrected chi connectivity index (χ4v) is 2.96. The quantitative estimate of drug-likeness (QED) is 0.715. The first-order valence-electron chi connectivity index (χ1n) is 6.65. The van der Waals surface area contributed by atoms with Crippen molar-refractivity contribution in [3.8, 4) is 22.5 Å². The molecule has 0 unspecified atom stereocenters. The normalized spacial score (nSPS) is 10.8. The van der Waals surface area contributed by atoms with Gasteiger partial charge in [-0.1, -0.05) is 45.4 Å². The number of aromatic nitrogens is 1. The summed E-state index contributed by atoms with van der Waals surface area (Å²) in [4.78, 5) is 0. The monoisotopic (exact) mass is 342 g/mol. The zero-order valence-electron chi connectivity index (χ0n) is 11.9. The number of halogens is 1. The Bertz CT molecular complexity index is 808. The van der Waals surface area contributed by atoms with E-state index in [2.05, 4.69) is 40.1 Å². The Labute approximate surface area is 131 Å². The molecule has 0 atom stereocenters. The molecule has 0 aliphatic rings. The highest BCUT2D eigenvalue weighted by Gasteiger charge is 2.20. The first kappa shape index (κ1) is 13.9. The first-order valence-corrected chi connectivity index (χ1v) is 7.45. The fourth-order valence-electron chi connectivity index (χ4n) is 2.48. The summed E-state index contributed by atoms with van der Waals surface area (Å²) < 4.78 is 6.56. The van der Waals surface area contributed by atoms with E-state index in [0.29, 0.717) is 11.6 Å². The number of anilines is 1. The number of hydrogen-bond acceptors (Lipinski definition) is 3. The van der Waals surface area contributed by atoms with Gasteiger partial charge in [0.1, 0.15) is 0 Å². The van der Waals surface area contributed by atoms with Gasteiger partial charge in [0, 0.05) is 10.0 Å². The largest absolute Gasteiger partial charge is 0.380 e. The molecule has 2 aromatic carbocycles. The Kier molecular flexibility index (Phi) is 3.55. The molecule has 0 aliphatic heterocycles. The summed E-state index contributed by atoms with van der Waals surface area (Å²) in [6, 6.07) is 14.1. The van der Waals surface area contributed by atoms with Gasteiger partial charge in [-0.25, -0.2) is 0 Å². The molecule has 0 amide bonds. The maximum Gasteiger partial charge on any atom is 0.177 e. The van der Waals surface area contributed by atoms with E-state index in [9.17, 15) is 0 Å². The number of nitrogen functional groups attached to an aromatic ring is 1. The van der Waals surface area contributed by atoms with E-state index in [0.717, 1.165) is 32.3 Å². The average molecular weight is 343 g/mol. The fraction of sp³-hybridized carbons (Fsp3) is 0.118. The molecule has 3 rings (SSSR count). The average Bonchev–Trinajstić information content (AvgIpc) is 2.81. The lowest BCUT2D eigenvalue weighted by atomic mass is 9.96. The van der Waals surface area contributed by atoms with Crippen molar-refractivity contribution in [2.75, 3.05) is 5.73 Å². The molecule has 21 heavy (non-hydrogen) atoms. The SMILES string of the molecule is Cc1cc(Br)ccc1-c1onc(N)c1-c1ccccc1C. The van der Waals surface area contributed by atoms with Crippen LogP contribution in [0.25, 0.3) is 22.5 Å². The van der Waals surface area contributed by atoms with Crippen molar-refractivity contribution in [3.63, 3.8) is 0 Å². The van der Waals surface area contributed by atoms with Crippen LogP contribution in [0, 0.1) is 13.8 Å². The number of nitrogens with two attached hydrogens (primary N) is 1. The molecule has 0 spiro atoms. The third kappa shape index (κ3) is 2.47. The highest BCUT2D eigenvalue weighted by Crippen LogP contribution is 2.39. The Hall–Kier alpha value is -2.07. The number of benzene rings is 2. The van der Waals surface area contributed by atoms with Crippen LogP contribution in [0.3, 0.4) is 0 Å². The first-order chi connectivity index (χ1) is 10.1. The number of hydrogen-bond donors (Lipinski definition) is 1. The maximum atomic E-state index is 6.05. The molecule has 0 aliphatic carbocycles. The molecule has 106 valence electrons. The van der Waals surface area contributed by atoms with Gasteiger partial charge in [0.15, 0.2) is 11.6 Å². The summed E-state index contributed by atoms with van der Waals surface area (Å²) >= 11 is 3.48. The van der Waals surface area contributed by atoms with Gasteiger partial charge >= 0.3 is 0 Å². The topological polar surface area (TPSA) is 52.0 Å². The molecule has 4 heteroatoms. The predicted molar refractivity (Wildman–Crippen MR) is 89.0 cm³/mol. The Morgan fingerprint density at radius 2 is 1.76 bits per heavy atom. The van der Waals surface area contributed by atoms with E-state index in [1.807, 2.05) is 37.3 Å². The van der Waals surface area contributed by atoms with Crippen LogP contribution < -0.4 is 5.73 Å². The lowest BCUT2D eigenvalue weighted by Gasteiger charge is -2.08. The van der Waals surface area contributed by atoms with Crippen LogP contribution in [0.1, 0.15) is 11.1 Å². The third-order valence-corrected chi connectivity index (χ3v) is 4.06. The van der Waals surface area contributed by atoms with E-state index in [-0.39, 0.29) is 0 Å². The summed E-state index contributed by atoms with van der Waals surface area (Å²) in [5.74, 6) is 1.13. The number of rotatable bonds is 2. The molecule has 1 aromatic heterocycles. The molecule has 0 fully saturated rings. The van der Waals surface area contributed by atoms with E-state index in [4.69, 9.17) is 10.3 Å². The van der Waals surface area contributed by atoms with Gasteiger partial charge in [0.2, 0.25) is 0 Å². The highest BCUT2D eigenvalue weighted by molar-refractivity contribution is 9.10. The molecule has 0 radical (unpaired) electrons. The minimum absolute atomic E-state index is 0.418. The van der Waals surface area contributed by atoms with E-state index >= 15 is 0 Å². The number of aryl methyl sites for hydroxylation is 2. The summed E-state index contributed by atoms with van der Waals surface area (Å²) in [5.41, 5.74) is 11.2. The van der Waals surface area contributed by atoms with Crippen LogP contribution in [-0.4, -0.2) is 5.16 Å². The van der Waals surface area contributed by atoms with Crippen molar-refractivity contribution >= 4 is 21.7 Å². The van der Waals surface area contributed by atoms with Crippen LogP contribution in [0.5, 0.6) is 0 Å². The minimum atomic E-state index is 0.418. The van der Waals surface area contributed by atoms with Crippen molar-refractivity contribution in [1.82, 2.24) is 5.16 Å². The van der Waals surface area contributed by atoms with Crippen LogP contribution in [0.15, 0.2) is 51.5 Å². The summed E-state index contributed by atoms with van der Waals surface area (Å²) in [6.45, 7) is 4.10. The molecule has 0 bridgehead atoms. The second-order valence-corrected chi connectivity index (χ2v) is 5.96. The van der Waals surface area contributed by atoms with Gasteiger partial charge in [0.05, 0.1) is 5.56 Å². The molecular formula is C17H15BrN2O. The zero-order valence-corrected chi connectivity index (χ0v) is 13.4. The molecule has 0 saturated carbocycles. The molecule has 3 aromatic rings. The Morgan fingerprint density at radius 3 is 2.48 bits per heavy atom. The standard InChI is InChI=1S/C17H15BrN2O/c1-10-5-3-4-6-13(10)15-16(21-20-17(15)19)14-8-7-12(18)9-11(14)2/h3-9H,1-2H3,(H2,19,20). The van der Waals surface area contributed by atoms with Crippen LogP contribution >= 0.6 is 15.9 Å². The summed E-state index contributed by atoms with van der Waals surface area (Å²) in [5, 5.41) is 3.97. The molecule has 1 heterocycles. The van der Waals surface area contributed by atoms with Crippen LogP contribution in [0.4, 0.5) is 5.82 Å². The lowest BCUT2D eigenvalue weighted by Crippen LogP contribution is -1.91. The predicted octanol–water partition coefficient (Wildman–Crippen LogP) is 4.97. The van der Waals surface area contributed by atoms with Crippen molar-refractivity contribution in [2.45, 2.75) is 13.8 Å². The van der Waals surface area contributed by atoms with Crippen molar-refractivity contribution < 1.29 is 4.52 Å².